The van der Waals surface area contributed by atoms with E-state index in [0.717, 1.165) is 24.1 Å². The van der Waals surface area contributed by atoms with Crippen LogP contribution < -0.4 is 5.32 Å². The van der Waals surface area contributed by atoms with Crippen LogP contribution in [0.4, 0.5) is 5.95 Å². The highest BCUT2D eigenvalue weighted by atomic mass is 16.2. The molecule has 25 heavy (non-hydrogen) atoms. The summed E-state index contributed by atoms with van der Waals surface area (Å²) in [5, 5.41) is 3.19. The Morgan fingerprint density at radius 3 is 3.04 bits per heavy atom. The first-order valence-electron chi connectivity index (χ1n) is 8.43. The van der Waals surface area contributed by atoms with Gasteiger partial charge in [-0.05, 0) is 30.0 Å². The van der Waals surface area contributed by atoms with E-state index in [0.29, 0.717) is 31.1 Å². The van der Waals surface area contributed by atoms with Crippen molar-refractivity contribution < 1.29 is 6.22 Å². The highest BCUT2D eigenvalue weighted by molar-refractivity contribution is 5.97. The van der Waals surface area contributed by atoms with Crippen LogP contribution in [-0.4, -0.2) is 32.3 Å². The lowest BCUT2D eigenvalue weighted by Crippen LogP contribution is -2.26. The molecule has 1 aliphatic heterocycles. The fourth-order valence-corrected chi connectivity index (χ4v) is 3.04. The zero-order chi connectivity index (χ0) is 17.1. The number of rotatable bonds is 5. The molecular formula is C19H21N5O. The summed E-state index contributed by atoms with van der Waals surface area (Å²) in [7, 11) is 0. The molecule has 1 amide bonds. The third-order valence-electron chi connectivity index (χ3n) is 4.34. The number of nitrogens with zero attached hydrogens (tertiary/aromatic N) is 4. The van der Waals surface area contributed by atoms with Gasteiger partial charge in [-0.1, -0.05) is 24.3 Å². The number of nitrogens with one attached hydrogen (secondary N) is 1. The van der Waals surface area contributed by atoms with Gasteiger partial charge in [0.1, 0.15) is 0 Å². The van der Waals surface area contributed by atoms with E-state index in [4.69, 9.17) is 0 Å². The van der Waals surface area contributed by atoms with Crippen LogP contribution in [0, 0.1) is 0 Å². The molecule has 0 atom stereocenters. The van der Waals surface area contributed by atoms with Crippen molar-refractivity contribution in [3.63, 3.8) is 0 Å². The molecule has 0 radical (unpaired) electrons. The lowest BCUT2D eigenvalue weighted by atomic mass is 10.1. The van der Waals surface area contributed by atoms with Crippen LogP contribution >= 0.6 is 0 Å². The van der Waals surface area contributed by atoms with Crippen LogP contribution in [0.2, 0.25) is 0 Å². The normalized spacial score (nSPS) is 15.9. The number of amides is 1. The predicted octanol–water partition coefficient (Wildman–Crippen LogP) is 2.96. The van der Waals surface area contributed by atoms with Crippen molar-refractivity contribution in [1.29, 1.82) is 0 Å². The minimum atomic E-state index is 0. The summed E-state index contributed by atoms with van der Waals surface area (Å²) in [6, 6.07) is 3.88. The van der Waals surface area contributed by atoms with Gasteiger partial charge in [-0.3, -0.25) is 9.78 Å². The van der Waals surface area contributed by atoms with Crippen LogP contribution in [0.1, 0.15) is 35.9 Å². The summed E-state index contributed by atoms with van der Waals surface area (Å²) in [5.41, 5.74) is 3.64. The van der Waals surface area contributed by atoms with Gasteiger partial charge in [0.05, 0.1) is 17.8 Å². The predicted molar refractivity (Wildman–Crippen MR) is 96.9 cm³/mol. The Bertz CT molecular complexity index is 850. The highest BCUT2D eigenvalue weighted by Gasteiger charge is 2.29. The van der Waals surface area contributed by atoms with E-state index in [-0.39, 0.29) is 7.33 Å². The number of hydrogen-bond acceptors (Lipinski definition) is 5. The maximum absolute atomic E-state index is 12.5. The fraction of sp³-hybridized carbons (Fsp3) is 0.263. The van der Waals surface area contributed by atoms with Crippen molar-refractivity contribution in [2.75, 3.05) is 11.9 Å². The van der Waals surface area contributed by atoms with Gasteiger partial charge in [-0.2, -0.15) is 0 Å². The van der Waals surface area contributed by atoms with Crippen molar-refractivity contribution in [2.45, 2.75) is 25.9 Å². The van der Waals surface area contributed by atoms with Gasteiger partial charge in [0.25, 0.3) is 5.91 Å². The van der Waals surface area contributed by atoms with Crippen LogP contribution in [0.5, 0.6) is 0 Å². The zero-order valence-electron chi connectivity index (χ0n) is 13.9. The lowest BCUT2D eigenvalue weighted by Gasteiger charge is -2.17. The number of hydrogen-bond donors (Lipinski definition) is 1. The molecule has 2 aromatic heterocycles. The molecule has 128 valence electrons. The maximum atomic E-state index is 12.5. The smallest absolute Gasteiger partial charge is 0.258 e. The zero-order valence-corrected chi connectivity index (χ0v) is 13.9. The van der Waals surface area contributed by atoms with E-state index in [2.05, 4.69) is 38.5 Å². The van der Waals surface area contributed by atoms with E-state index in [1.807, 2.05) is 17.0 Å². The molecule has 2 aromatic rings. The van der Waals surface area contributed by atoms with E-state index in [1.165, 1.54) is 5.57 Å². The van der Waals surface area contributed by atoms with Gasteiger partial charge in [-0.25, -0.2) is 9.97 Å². The van der Waals surface area contributed by atoms with Crippen LogP contribution in [0.15, 0.2) is 54.5 Å². The summed E-state index contributed by atoms with van der Waals surface area (Å²) in [5.74, 6) is 0.544. The van der Waals surface area contributed by atoms with Crippen LogP contribution in [-0.2, 0) is 13.1 Å². The first-order valence-corrected chi connectivity index (χ1v) is 8.43. The van der Waals surface area contributed by atoms with Crippen molar-refractivity contribution in [2.24, 2.45) is 0 Å². The molecule has 0 saturated carbocycles. The van der Waals surface area contributed by atoms with Gasteiger partial charge in [0, 0.05) is 33.1 Å². The second kappa shape index (κ2) is 6.84. The van der Waals surface area contributed by atoms with Crippen molar-refractivity contribution in [3.05, 3.63) is 71.3 Å². The van der Waals surface area contributed by atoms with E-state index in [1.54, 1.807) is 18.6 Å². The molecule has 6 nitrogen and oxygen atoms in total. The quantitative estimate of drug-likeness (QED) is 0.909. The molecule has 1 N–H and O–H groups in total. The number of anilines is 1. The minimum Gasteiger partial charge on any atom is -0.350 e. The monoisotopic (exact) mass is 335 g/mol. The summed E-state index contributed by atoms with van der Waals surface area (Å²) < 4.78 is 0. The Morgan fingerprint density at radius 1 is 1.28 bits per heavy atom. The van der Waals surface area contributed by atoms with Gasteiger partial charge in [0.2, 0.25) is 5.95 Å². The molecule has 1 aliphatic carbocycles. The Morgan fingerprint density at radius 2 is 2.24 bits per heavy atom. The van der Waals surface area contributed by atoms with E-state index < -0.39 is 0 Å². The molecular weight excluding hydrogens is 314 g/mol. The summed E-state index contributed by atoms with van der Waals surface area (Å²) >= 11 is 0. The van der Waals surface area contributed by atoms with E-state index in [9.17, 15) is 4.79 Å². The first kappa shape index (κ1) is 15.5. The Kier molecular flexibility index (Phi) is 4.24. The number of fused-ring (bicyclic) bond motifs is 1. The molecule has 6 heteroatoms. The number of aromatic nitrogens is 3. The average molecular weight is 335 g/mol. The summed E-state index contributed by atoms with van der Waals surface area (Å²) in [6.07, 6.45) is 13.8. The highest BCUT2D eigenvalue weighted by Crippen LogP contribution is 2.23. The van der Waals surface area contributed by atoms with Crippen molar-refractivity contribution in [3.8, 4) is 0 Å². The third kappa shape index (κ3) is 3.42. The Hall–Kier alpha value is -3.02. The fourth-order valence-electron chi connectivity index (χ4n) is 3.04. The van der Waals surface area contributed by atoms with Crippen LogP contribution in [0.25, 0.3) is 0 Å². The van der Waals surface area contributed by atoms with E-state index >= 15 is 0 Å². The molecule has 0 bridgehead atoms. The second-order valence-corrected chi connectivity index (χ2v) is 6.19. The standard InChI is InChI=1S/C19H19N5O.H2/c25-18-16-11-22-19(21-10-15-7-4-8-20-9-15)23-17(16)13-24(18)12-14-5-2-1-3-6-14;/h2,4-9,11H,1,3,10,12-13H2,(H,21,22,23);1H. The second-order valence-electron chi connectivity index (χ2n) is 6.19. The molecule has 2 aliphatic rings. The Balaban J connectivity index is 0.00000196. The molecule has 4 rings (SSSR count). The largest absolute Gasteiger partial charge is 0.350 e. The molecule has 0 aromatic carbocycles. The number of pyridine rings is 1. The molecule has 0 unspecified atom stereocenters. The van der Waals surface area contributed by atoms with Crippen molar-refractivity contribution >= 4 is 11.9 Å². The van der Waals surface area contributed by atoms with Gasteiger partial charge >= 0.3 is 0 Å². The number of carbonyl (C=O) groups is 1. The van der Waals surface area contributed by atoms with Gasteiger partial charge in [-0.15, -0.1) is 0 Å². The lowest BCUT2D eigenvalue weighted by molar-refractivity contribution is 0.0793. The first-order chi connectivity index (χ1) is 12.3. The summed E-state index contributed by atoms with van der Waals surface area (Å²) in [4.78, 5) is 27.2. The van der Waals surface area contributed by atoms with Crippen LogP contribution in [0.3, 0.4) is 0 Å². The van der Waals surface area contributed by atoms with Crippen molar-refractivity contribution in [1.82, 2.24) is 19.9 Å². The Labute approximate surface area is 147 Å². The van der Waals surface area contributed by atoms with Gasteiger partial charge < -0.3 is 10.2 Å². The average Bonchev–Trinajstić information content (AvgIpc) is 2.97. The number of carbonyl (C=O) groups excluding carboxylic acids is 1. The minimum absolute atomic E-state index is 0. The van der Waals surface area contributed by atoms with Gasteiger partial charge in [0.15, 0.2) is 0 Å². The summed E-state index contributed by atoms with van der Waals surface area (Å²) in [6.45, 7) is 1.76. The molecule has 0 fully saturated rings. The topological polar surface area (TPSA) is 71.0 Å². The molecule has 3 heterocycles. The SMILES string of the molecule is O=C1c2cnc(NCc3cccnc3)nc2CN1CC1=CCCC=C1.[HH]. The third-order valence-corrected chi connectivity index (χ3v) is 4.34. The maximum Gasteiger partial charge on any atom is 0.258 e. The molecule has 0 spiro atoms. The molecule has 0 saturated heterocycles. The number of allylic oxidation sites excluding steroid dienone is 2.